The van der Waals surface area contributed by atoms with E-state index >= 15 is 0 Å². The molecular weight excluding hydrogens is 506 g/mol. The summed E-state index contributed by atoms with van der Waals surface area (Å²) >= 11 is 0. The molecule has 3 atom stereocenters. The average molecular weight is 552 g/mol. The Morgan fingerprint density at radius 3 is 1.64 bits per heavy atom. The van der Waals surface area contributed by atoms with Gasteiger partial charge in [-0.05, 0) is 157 Å². The van der Waals surface area contributed by atoms with Crippen LogP contribution in [0, 0.1) is 19.3 Å². The highest BCUT2D eigenvalue weighted by atomic mass is 15.1. The molecule has 0 heterocycles. The van der Waals surface area contributed by atoms with Gasteiger partial charge in [-0.2, -0.15) is 0 Å². The minimum absolute atomic E-state index is 0.358. The van der Waals surface area contributed by atoms with Crippen molar-refractivity contribution < 1.29 is 0 Å². The zero-order valence-corrected chi connectivity index (χ0v) is 26.2. The summed E-state index contributed by atoms with van der Waals surface area (Å²) < 4.78 is 0. The number of hydrogen-bond donors (Lipinski definition) is 0. The van der Waals surface area contributed by atoms with E-state index in [2.05, 4.69) is 112 Å². The normalized spacial score (nSPS) is 25.6. The van der Waals surface area contributed by atoms with Crippen molar-refractivity contribution in [2.45, 2.75) is 103 Å². The zero-order valence-electron chi connectivity index (χ0n) is 26.2. The third-order valence-electron chi connectivity index (χ3n) is 12.5. The Labute approximate surface area is 253 Å². The predicted octanol–water partition coefficient (Wildman–Crippen LogP) is 11.0. The van der Waals surface area contributed by atoms with E-state index in [1.165, 1.54) is 95.4 Å². The molecule has 0 saturated heterocycles. The molecule has 4 aromatic rings. The summed E-state index contributed by atoms with van der Waals surface area (Å²) in [5.74, 6) is 0. The van der Waals surface area contributed by atoms with E-state index < -0.39 is 0 Å². The highest BCUT2D eigenvalue weighted by Gasteiger charge is 2.96. The molecule has 0 amide bonds. The Morgan fingerprint density at radius 2 is 1.12 bits per heavy atom. The van der Waals surface area contributed by atoms with Crippen LogP contribution < -0.4 is 4.90 Å². The van der Waals surface area contributed by atoms with Gasteiger partial charge in [-0.3, -0.25) is 0 Å². The number of hydrogen-bond acceptors (Lipinski definition) is 1. The van der Waals surface area contributed by atoms with Crippen molar-refractivity contribution in [1.82, 2.24) is 0 Å². The SMILES string of the molecule is CCCCc1ccc2c(c1)C13CCC14CCC43c1cc(N(c3ccc(C)c(CC)c3)c3ccc(C)c(CC)c3)ccc1-2. The lowest BCUT2D eigenvalue weighted by molar-refractivity contribution is 0.183. The lowest BCUT2D eigenvalue weighted by Gasteiger charge is -2.37. The Morgan fingerprint density at radius 1 is 0.595 bits per heavy atom. The van der Waals surface area contributed by atoms with E-state index in [1.54, 1.807) is 16.7 Å². The van der Waals surface area contributed by atoms with Crippen LogP contribution in [0.25, 0.3) is 11.1 Å². The second kappa shape index (κ2) is 9.09. The van der Waals surface area contributed by atoms with E-state index in [0.29, 0.717) is 16.2 Å². The molecule has 42 heavy (non-hydrogen) atoms. The smallest absolute Gasteiger partial charge is 0.0465 e. The lowest BCUT2D eigenvalue weighted by Crippen LogP contribution is -2.30. The van der Waals surface area contributed by atoms with Crippen LogP contribution in [-0.4, -0.2) is 0 Å². The van der Waals surface area contributed by atoms with Crippen LogP contribution in [-0.2, 0) is 30.1 Å². The number of fused-ring (bicyclic) bond motifs is 3. The van der Waals surface area contributed by atoms with Crippen molar-refractivity contribution in [3.8, 4) is 11.1 Å². The fraction of sp³-hybridized carbons (Fsp3) is 0.415. The van der Waals surface area contributed by atoms with Crippen molar-refractivity contribution in [1.29, 1.82) is 0 Å². The molecule has 4 aromatic carbocycles. The highest BCUT2D eigenvalue weighted by molar-refractivity contribution is 5.89. The summed E-state index contributed by atoms with van der Waals surface area (Å²) in [6, 6.07) is 29.2. The summed E-state index contributed by atoms with van der Waals surface area (Å²) in [6.45, 7) is 11.4. The average Bonchev–Trinajstić information content (AvgIpc) is 3.26. The quantitative estimate of drug-likeness (QED) is 0.210. The predicted molar refractivity (Wildman–Crippen MR) is 178 cm³/mol. The van der Waals surface area contributed by atoms with Gasteiger partial charge in [0.1, 0.15) is 0 Å². The van der Waals surface area contributed by atoms with Gasteiger partial charge in [0.05, 0.1) is 0 Å². The van der Waals surface area contributed by atoms with Gasteiger partial charge in [-0.25, -0.2) is 0 Å². The standard InChI is InChI=1S/C41H45N/c1-6-9-10-29-13-17-35-36-18-16-34(26-38(36)41-22-20-39(41)19-21-40(39,41)37(35)23-29)42(32-14-11-27(4)30(7-2)24-32)33-15-12-28(5)31(8-3)25-33/h11-18,23-26H,6-10,19-22H2,1-5H3. The molecule has 0 aliphatic heterocycles. The van der Waals surface area contributed by atoms with Crippen LogP contribution in [0.2, 0.25) is 0 Å². The summed E-state index contributed by atoms with van der Waals surface area (Å²) in [7, 11) is 0. The van der Waals surface area contributed by atoms with Gasteiger partial charge in [0.25, 0.3) is 0 Å². The third kappa shape index (κ3) is 3.05. The minimum Gasteiger partial charge on any atom is -0.310 e. The molecule has 1 heteroatoms. The van der Waals surface area contributed by atoms with Crippen LogP contribution in [0.15, 0.2) is 72.8 Å². The van der Waals surface area contributed by atoms with Crippen LogP contribution >= 0.6 is 0 Å². The van der Waals surface area contributed by atoms with Crippen LogP contribution in [0.3, 0.4) is 0 Å². The first-order valence-corrected chi connectivity index (χ1v) is 16.7. The number of unbranched alkanes of at least 4 members (excludes halogenated alkanes) is 1. The van der Waals surface area contributed by atoms with Crippen LogP contribution in [0.5, 0.6) is 0 Å². The Hall–Kier alpha value is -3.32. The van der Waals surface area contributed by atoms with Gasteiger partial charge in [0.15, 0.2) is 0 Å². The van der Waals surface area contributed by atoms with Crippen molar-refractivity contribution in [3.05, 3.63) is 112 Å². The third-order valence-corrected chi connectivity index (χ3v) is 12.5. The molecular formula is C41H45N. The fourth-order valence-corrected chi connectivity index (χ4v) is 10.2. The number of anilines is 3. The highest BCUT2D eigenvalue weighted by Crippen LogP contribution is 2.99. The minimum atomic E-state index is 0.358. The Balaban J connectivity index is 1.32. The molecule has 0 aromatic heterocycles. The van der Waals surface area contributed by atoms with Crippen molar-refractivity contribution in [3.63, 3.8) is 0 Å². The topological polar surface area (TPSA) is 3.24 Å². The number of rotatable bonds is 8. The van der Waals surface area contributed by atoms with Gasteiger partial charge >= 0.3 is 0 Å². The molecule has 0 bridgehead atoms. The van der Waals surface area contributed by atoms with Crippen molar-refractivity contribution in [2.75, 3.05) is 4.90 Å². The summed E-state index contributed by atoms with van der Waals surface area (Å²) in [6.07, 6.45) is 11.4. The number of benzene rings is 4. The molecule has 3 fully saturated rings. The number of aryl methyl sites for hydroxylation is 5. The lowest BCUT2D eigenvalue weighted by atomic mass is 9.66. The molecule has 3 spiro atoms. The van der Waals surface area contributed by atoms with Crippen LogP contribution in [0.1, 0.15) is 98.2 Å². The van der Waals surface area contributed by atoms with Crippen LogP contribution in [0.4, 0.5) is 17.1 Å². The molecule has 4 aliphatic carbocycles. The molecule has 214 valence electrons. The van der Waals surface area contributed by atoms with Gasteiger partial charge in [-0.1, -0.05) is 63.6 Å². The fourth-order valence-electron chi connectivity index (χ4n) is 10.2. The number of nitrogens with zero attached hydrogens (tertiary/aromatic N) is 1. The van der Waals surface area contributed by atoms with E-state index in [9.17, 15) is 0 Å². The van der Waals surface area contributed by atoms with Gasteiger partial charge in [0, 0.05) is 27.9 Å². The van der Waals surface area contributed by atoms with Crippen molar-refractivity contribution >= 4 is 17.1 Å². The maximum atomic E-state index is 2.65. The first kappa shape index (κ1) is 26.3. The summed E-state index contributed by atoms with van der Waals surface area (Å²) in [5.41, 5.74) is 18.7. The molecule has 3 unspecified atom stereocenters. The van der Waals surface area contributed by atoms with Gasteiger partial charge < -0.3 is 4.90 Å². The molecule has 8 rings (SSSR count). The molecule has 1 nitrogen and oxygen atoms in total. The first-order chi connectivity index (χ1) is 20.4. The second-order valence-corrected chi connectivity index (χ2v) is 13.9. The monoisotopic (exact) mass is 551 g/mol. The maximum absolute atomic E-state index is 2.65. The van der Waals surface area contributed by atoms with Gasteiger partial charge in [0.2, 0.25) is 0 Å². The first-order valence-electron chi connectivity index (χ1n) is 16.7. The summed E-state index contributed by atoms with van der Waals surface area (Å²) in [5, 5.41) is 0. The molecule has 4 aliphatic rings. The van der Waals surface area contributed by atoms with E-state index in [4.69, 9.17) is 0 Å². The maximum Gasteiger partial charge on any atom is 0.0465 e. The molecule has 3 saturated carbocycles. The largest absolute Gasteiger partial charge is 0.310 e. The van der Waals surface area contributed by atoms with Crippen molar-refractivity contribution in [2.24, 2.45) is 5.41 Å². The van der Waals surface area contributed by atoms with E-state index in [1.807, 2.05) is 0 Å². The zero-order chi connectivity index (χ0) is 28.9. The second-order valence-electron chi connectivity index (χ2n) is 13.9. The summed E-state index contributed by atoms with van der Waals surface area (Å²) in [4.78, 5) is 2.54. The Bertz CT molecular complexity index is 1690. The van der Waals surface area contributed by atoms with Gasteiger partial charge in [-0.15, -0.1) is 0 Å². The molecule has 0 radical (unpaired) electrons. The Kier molecular flexibility index (Phi) is 5.70. The van der Waals surface area contributed by atoms with E-state index in [-0.39, 0.29) is 0 Å². The molecule has 0 N–H and O–H groups in total. The van der Waals surface area contributed by atoms with E-state index in [0.717, 1.165) is 12.8 Å².